The van der Waals surface area contributed by atoms with Gasteiger partial charge in [0.1, 0.15) is 13.2 Å². The molecule has 0 spiro atoms. The molecule has 8 heteroatoms. The summed E-state index contributed by atoms with van der Waals surface area (Å²) in [6.07, 6.45) is 1.48. The van der Waals surface area contributed by atoms with Crippen LogP contribution in [0.15, 0.2) is 36.4 Å². The quantitative estimate of drug-likeness (QED) is 0.568. The first kappa shape index (κ1) is 22.3. The number of rotatable bonds is 8. The minimum atomic E-state index is -2.09. The van der Waals surface area contributed by atoms with Crippen molar-refractivity contribution in [3.63, 3.8) is 0 Å². The lowest BCUT2D eigenvalue weighted by Crippen LogP contribution is -2.25. The van der Waals surface area contributed by atoms with Crippen LogP contribution in [0, 0.1) is 11.8 Å². The first-order chi connectivity index (χ1) is 14.6. The molecule has 0 N–H and O–H groups in total. The summed E-state index contributed by atoms with van der Waals surface area (Å²) >= 11 is 0. The molecule has 0 bridgehead atoms. The van der Waals surface area contributed by atoms with E-state index in [1.807, 2.05) is 36.4 Å². The molecule has 3 rings (SSSR count). The Morgan fingerprint density at radius 2 is 1.13 bits per heavy atom. The predicted octanol–water partition coefficient (Wildman–Crippen LogP) is 4.44. The molecule has 2 atom stereocenters. The van der Waals surface area contributed by atoms with Crippen molar-refractivity contribution in [2.45, 2.75) is 12.8 Å². The largest absolute Gasteiger partial charge is 0.697 e. The number of methoxy groups -OCH3 is 4. The maximum absolute atomic E-state index is 11.9. The molecule has 0 aliphatic carbocycles. The predicted molar refractivity (Wildman–Crippen MR) is 113 cm³/mol. The van der Waals surface area contributed by atoms with Crippen LogP contribution >= 0.6 is 8.25 Å². The summed E-state index contributed by atoms with van der Waals surface area (Å²) in [5.74, 6) is 2.99. The van der Waals surface area contributed by atoms with Crippen LogP contribution in [0.1, 0.15) is 11.1 Å². The second-order valence-corrected chi connectivity index (χ2v) is 8.09. The summed E-state index contributed by atoms with van der Waals surface area (Å²) in [6.45, 7) is 0.725. The third-order valence-electron chi connectivity index (χ3n) is 5.35. The minimum Gasteiger partial charge on any atom is -0.493 e. The standard InChI is InChI=1S/C22H28O7P/c1-24-19-7-5-15(11-21(19)26-3)9-17-13-28-30(23)29-14-18(17)10-16-6-8-20(25-2)22(12-16)27-4/h5-8,11-12,17-18H,9-10,13-14H2,1-4H3/q+1/t17-,18-/m0/s1. The zero-order valence-electron chi connectivity index (χ0n) is 17.8. The Morgan fingerprint density at radius 1 is 0.733 bits per heavy atom. The van der Waals surface area contributed by atoms with Gasteiger partial charge >= 0.3 is 8.25 Å². The molecule has 0 unspecified atom stereocenters. The van der Waals surface area contributed by atoms with E-state index in [9.17, 15) is 4.57 Å². The Hall–Kier alpha value is -2.34. The number of benzene rings is 2. The highest BCUT2D eigenvalue weighted by Crippen LogP contribution is 2.37. The third-order valence-corrected chi connectivity index (χ3v) is 6.07. The first-order valence-corrected chi connectivity index (χ1v) is 10.8. The Labute approximate surface area is 178 Å². The second kappa shape index (κ2) is 10.6. The third kappa shape index (κ3) is 5.42. The number of hydrogen-bond donors (Lipinski definition) is 0. The first-order valence-electron chi connectivity index (χ1n) is 9.72. The van der Waals surface area contributed by atoms with Gasteiger partial charge in [-0.2, -0.15) is 0 Å². The van der Waals surface area contributed by atoms with Crippen molar-refractivity contribution < 1.29 is 32.6 Å². The van der Waals surface area contributed by atoms with Crippen LogP contribution in [0.4, 0.5) is 0 Å². The topological polar surface area (TPSA) is 72.5 Å². The molecule has 0 aromatic heterocycles. The summed E-state index contributed by atoms with van der Waals surface area (Å²) < 4.78 is 44.2. The van der Waals surface area contributed by atoms with Crippen molar-refractivity contribution in [2.75, 3.05) is 41.7 Å². The minimum absolute atomic E-state index is 0.123. The molecule has 0 radical (unpaired) electrons. The van der Waals surface area contributed by atoms with Crippen molar-refractivity contribution in [3.8, 4) is 23.0 Å². The summed E-state index contributed by atoms with van der Waals surface area (Å²) in [4.78, 5) is 0. The van der Waals surface area contributed by atoms with Crippen LogP contribution in [0.2, 0.25) is 0 Å². The van der Waals surface area contributed by atoms with Gasteiger partial charge in [0.25, 0.3) is 0 Å². The van der Waals surface area contributed by atoms with Gasteiger partial charge in [0.05, 0.1) is 28.4 Å². The van der Waals surface area contributed by atoms with E-state index in [1.54, 1.807) is 28.4 Å². The maximum Gasteiger partial charge on any atom is 0.697 e. The highest BCUT2D eigenvalue weighted by Gasteiger charge is 2.35. The van der Waals surface area contributed by atoms with Crippen LogP contribution in [0.5, 0.6) is 23.0 Å². The average molecular weight is 435 g/mol. The molecular formula is C22H28O7P+. The Kier molecular flexibility index (Phi) is 7.91. The highest BCUT2D eigenvalue weighted by molar-refractivity contribution is 7.33. The number of hydrogen-bond acceptors (Lipinski definition) is 7. The van der Waals surface area contributed by atoms with E-state index in [4.69, 9.17) is 28.0 Å². The van der Waals surface area contributed by atoms with Crippen molar-refractivity contribution in [3.05, 3.63) is 47.5 Å². The van der Waals surface area contributed by atoms with Gasteiger partial charge in [-0.15, -0.1) is 9.05 Å². The second-order valence-electron chi connectivity index (χ2n) is 7.12. The lowest BCUT2D eigenvalue weighted by molar-refractivity contribution is 0.206. The van der Waals surface area contributed by atoms with E-state index >= 15 is 0 Å². The van der Waals surface area contributed by atoms with E-state index in [-0.39, 0.29) is 11.8 Å². The summed E-state index contributed by atoms with van der Waals surface area (Å²) in [7, 11) is 4.37. The van der Waals surface area contributed by atoms with Gasteiger partial charge in [0.2, 0.25) is 0 Å². The Balaban J connectivity index is 1.81. The lowest BCUT2D eigenvalue weighted by atomic mass is 9.83. The monoisotopic (exact) mass is 435 g/mol. The smallest absolute Gasteiger partial charge is 0.493 e. The van der Waals surface area contributed by atoms with Gasteiger partial charge in [-0.3, -0.25) is 0 Å². The molecule has 30 heavy (non-hydrogen) atoms. The van der Waals surface area contributed by atoms with E-state index in [0.29, 0.717) is 36.2 Å². The van der Waals surface area contributed by atoms with Crippen molar-refractivity contribution >= 4 is 8.25 Å². The van der Waals surface area contributed by atoms with E-state index in [1.165, 1.54) is 0 Å². The molecule has 1 aliphatic rings. The molecule has 1 saturated heterocycles. The molecule has 162 valence electrons. The SMILES string of the molecule is COc1ccc(C[C@H]2CO[P+](=O)OC[C@@H]2Cc2ccc(OC)c(OC)c2)cc1OC. The van der Waals surface area contributed by atoms with Gasteiger partial charge in [-0.05, 0) is 60.1 Å². The Bertz CT molecular complexity index is 801. The van der Waals surface area contributed by atoms with Gasteiger partial charge in [0.15, 0.2) is 23.0 Å². The molecule has 7 nitrogen and oxygen atoms in total. The zero-order valence-corrected chi connectivity index (χ0v) is 18.6. The van der Waals surface area contributed by atoms with E-state index in [2.05, 4.69) is 0 Å². The molecule has 0 amide bonds. The van der Waals surface area contributed by atoms with Crippen molar-refractivity contribution in [2.24, 2.45) is 11.8 Å². The fourth-order valence-electron chi connectivity index (χ4n) is 3.69. The maximum atomic E-state index is 11.9. The number of ether oxygens (including phenoxy) is 4. The lowest BCUT2D eigenvalue weighted by Gasteiger charge is -2.23. The van der Waals surface area contributed by atoms with Crippen LogP contribution in [-0.4, -0.2) is 41.7 Å². The molecule has 1 heterocycles. The normalized spacial score (nSPS) is 19.1. The molecule has 1 aliphatic heterocycles. The Morgan fingerprint density at radius 3 is 1.50 bits per heavy atom. The van der Waals surface area contributed by atoms with Crippen molar-refractivity contribution in [1.29, 1.82) is 0 Å². The molecule has 0 saturated carbocycles. The average Bonchev–Trinajstić information content (AvgIpc) is 2.95. The molecule has 2 aromatic rings. The summed E-state index contributed by atoms with van der Waals surface area (Å²) in [5, 5.41) is 0. The summed E-state index contributed by atoms with van der Waals surface area (Å²) in [6, 6.07) is 11.8. The van der Waals surface area contributed by atoms with Gasteiger partial charge < -0.3 is 18.9 Å². The van der Waals surface area contributed by atoms with Gasteiger partial charge in [-0.1, -0.05) is 12.1 Å². The van der Waals surface area contributed by atoms with E-state index < -0.39 is 8.25 Å². The van der Waals surface area contributed by atoms with Gasteiger partial charge in [-0.25, -0.2) is 0 Å². The summed E-state index contributed by atoms with van der Waals surface area (Å²) in [5.41, 5.74) is 2.19. The fraction of sp³-hybridized carbons (Fsp3) is 0.455. The van der Waals surface area contributed by atoms with Crippen LogP contribution < -0.4 is 18.9 Å². The van der Waals surface area contributed by atoms with Gasteiger partial charge in [0, 0.05) is 4.57 Å². The van der Waals surface area contributed by atoms with Crippen LogP contribution in [0.25, 0.3) is 0 Å². The van der Waals surface area contributed by atoms with Crippen LogP contribution in [-0.2, 0) is 26.5 Å². The molecule has 1 fully saturated rings. The van der Waals surface area contributed by atoms with Crippen LogP contribution in [0.3, 0.4) is 0 Å². The fourth-order valence-corrected chi connectivity index (χ4v) is 4.40. The molecular weight excluding hydrogens is 407 g/mol. The highest BCUT2D eigenvalue weighted by atomic mass is 31.1. The van der Waals surface area contributed by atoms with E-state index in [0.717, 1.165) is 24.0 Å². The zero-order chi connectivity index (χ0) is 21.5. The molecule has 2 aromatic carbocycles. The van der Waals surface area contributed by atoms with Crippen molar-refractivity contribution in [1.82, 2.24) is 0 Å².